The molecule has 1 fully saturated rings. The van der Waals surface area contributed by atoms with Crippen molar-refractivity contribution in [2.75, 3.05) is 13.1 Å². The second-order valence-corrected chi connectivity index (χ2v) is 6.31. The summed E-state index contributed by atoms with van der Waals surface area (Å²) in [6.45, 7) is 2.94. The maximum absolute atomic E-state index is 12.4. The predicted molar refractivity (Wildman–Crippen MR) is 71.0 cm³/mol. The van der Waals surface area contributed by atoms with Gasteiger partial charge in [-0.25, -0.2) is 13.4 Å². The maximum Gasteiger partial charge on any atom is 0.260 e. The van der Waals surface area contributed by atoms with Gasteiger partial charge in [0.1, 0.15) is 0 Å². The molecule has 0 spiro atoms. The van der Waals surface area contributed by atoms with Crippen molar-refractivity contribution in [2.45, 2.75) is 30.8 Å². The van der Waals surface area contributed by atoms with Crippen molar-refractivity contribution in [1.29, 1.82) is 0 Å². The fourth-order valence-electron chi connectivity index (χ4n) is 2.37. The molecule has 6 nitrogen and oxygen atoms in total. The summed E-state index contributed by atoms with van der Waals surface area (Å²) < 4.78 is 26.2. The fourth-order valence-corrected chi connectivity index (χ4v) is 4.04. The van der Waals surface area contributed by atoms with Crippen molar-refractivity contribution >= 4 is 22.4 Å². The molecule has 1 aromatic heterocycles. The molecular formula is C10H19ClN4O2S. The minimum absolute atomic E-state index is 0. The number of hydrogen-bond donors (Lipinski definition) is 2. The van der Waals surface area contributed by atoms with E-state index >= 15 is 0 Å². The summed E-state index contributed by atoms with van der Waals surface area (Å²) in [7, 11) is -3.48. The van der Waals surface area contributed by atoms with Crippen molar-refractivity contribution in [3.8, 4) is 0 Å². The van der Waals surface area contributed by atoms with Gasteiger partial charge >= 0.3 is 0 Å². The van der Waals surface area contributed by atoms with Crippen LogP contribution in [0.25, 0.3) is 0 Å². The lowest BCUT2D eigenvalue weighted by atomic mass is 9.93. The topological polar surface area (TPSA) is 92.1 Å². The quantitative estimate of drug-likeness (QED) is 0.853. The predicted octanol–water partition coefficient (Wildman–Crippen LogP) is 0.579. The highest BCUT2D eigenvalue weighted by atomic mass is 35.5. The largest absolute Gasteiger partial charge is 0.335 e. The van der Waals surface area contributed by atoms with Crippen molar-refractivity contribution < 1.29 is 8.42 Å². The highest BCUT2D eigenvalue weighted by molar-refractivity contribution is 7.89. The first-order chi connectivity index (χ1) is 8.07. The molecule has 1 aliphatic heterocycles. The number of imidazole rings is 1. The van der Waals surface area contributed by atoms with Gasteiger partial charge in [0.15, 0.2) is 5.03 Å². The molecule has 18 heavy (non-hydrogen) atoms. The van der Waals surface area contributed by atoms with E-state index in [1.54, 1.807) is 0 Å². The lowest BCUT2D eigenvalue weighted by Crippen LogP contribution is -2.51. The first-order valence-corrected chi connectivity index (χ1v) is 7.21. The molecule has 104 valence electrons. The highest BCUT2D eigenvalue weighted by Crippen LogP contribution is 2.27. The van der Waals surface area contributed by atoms with Gasteiger partial charge in [0.25, 0.3) is 10.0 Å². The van der Waals surface area contributed by atoms with Gasteiger partial charge in [-0.1, -0.05) is 6.92 Å². The number of sulfonamides is 1. The third-order valence-corrected chi connectivity index (χ3v) is 5.22. The number of piperidine rings is 1. The van der Waals surface area contributed by atoms with Gasteiger partial charge in [0, 0.05) is 19.1 Å². The van der Waals surface area contributed by atoms with Gasteiger partial charge in [-0.2, -0.15) is 4.31 Å². The third-order valence-electron chi connectivity index (χ3n) is 3.37. The van der Waals surface area contributed by atoms with Crippen molar-refractivity contribution in [1.82, 2.24) is 14.3 Å². The molecule has 0 saturated carbocycles. The van der Waals surface area contributed by atoms with Gasteiger partial charge in [-0.3, -0.25) is 0 Å². The Morgan fingerprint density at radius 1 is 1.61 bits per heavy atom. The van der Waals surface area contributed by atoms with Crippen molar-refractivity contribution in [3.05, 3.63) is 12.5 Å². The summed E-state index contributed by atoms with van der Waals surface area (Å²) in [5, 5.41) is 0.144. The van der Waals surface area contributed by atoms with Crippen LogP contribution in [0.3, 0.4) is 0 Å². The van der Waals surface area contributed by atoms with Crippen LogP contribution in [0.1, 0.15) is 19.8 Å². The van der Waals surface area contributed by atoms with E-state index in [0.717, 1.165) is 12.8 Å². The average molecular weight is 295 g/mol. The molecule has 0 bridgehead atoms. The summed E-state index contributed by atoms with van der Waals surface area (Å²) in [4.78, 5) is 6.41. The van der Waals surface area contributed by atoms with E-state index in [9.17, 15) is 8.42 Å². The lowest BCUT2D eigenvalue weighted by Gasteiger charge is -2.37. The number of H-pyrrole nitrogens is 1. The Hall–Kier alpha value is -0.630. The van der Waals surface area contributed by atoms with Crippen LogP contribution in [-0.2, 0) is 10.0 Å². The van der Waals surface area contributed by atoms with Crippen LogP contribution < -0.4 is 5.73 Å². The van der Waals surface area contributed by atoms with Crippen LogP contribution in [0, 0.1) is 5.92 Å². The first kappa shape index (κ1) is 15.4. The fraction of sp³-hybridized carbons (Fsp3) is 0.700. The molecule has 1 aromatic rings. The van der Waals surface area contributed by atoms with Gasteiger partial charge in [0.05, 0.1) is 12.5 Å². The molecular weight excluding hydrogens is 276 g/mol. The molecule has 1 saturated heterocycles. The Labute approximate surface area is 113 Å². The van der Waals surface area contributed by atoms with E-state index < -0.39 is 10.0 Å². The highest BCUT2D eigenvalue weighted by Gasteiger charge is 2.36. The number of rotatable bonds is 3. The van der Waals surface area contributed by atoms with E-state index in [4.69, 9.17) is 5.73 Å². The summed E-state index contributed by atoms with van der Waals surface area (Å²) in [5.74, 6) is 0.298. The number of nitrogens with zero attached hydrogens (tertiary/aromatic N) is 2. The molecule has 8 heteroatoms. The molecule has 2 unspecified atom stereocenters. The van der Waals surface area contributed by atoms with E-state index in [2.05, 4.69) is 9.97 Å². The molecule has 0 aromatic carbocycles. The van der Waals surface area contributed by atoms with Crippen molar-refractivity contribution in [3.63, 3.8) is 0 Å². The summed E-state index contributed by atoms with van der Waals surface area (Å²) >= 11 is 0. The van der Waals surface area contributed by atoms with E-state index in [1.807, 2.05) is 6.92 Å². The van der Waals surface area contributed by atoms with Crippen LogP contribution in [0.15, 0.2) is 17.6 Å². The number of halogens is 1. The molecule has 2 heterocycles. The SMILES string of the molecule is CC1CCCN(S(=O)(=O)c2cnc[nH]2)C1CN.Cl. The van der Waals surface area contributed by atoms with Crippen LogP contribution in [0.5, 0.6) is 0 Å². The van der Waals surface area contributed by atoms with Gasteiger partial charge in [-0.05, 0) is 18.8 Å². The van der Waals surface area contributed by atoms with Crippen LogP contribution in [-0.4, -0.2) is 41.8 Å². The Morgan fingerprint density at radius 2 is 2.33 bits per heavy atom. The smallest absolute Gasteiger partial charge is 0.260 e. The average Bonchev–Trinajstić information content (AvgIpc) is 2.82. The number of nitrogens with two attached hydrogens (primary N) is 1. The van der Waals surface area contributed by atoms with Crippen LogP contribution in [0.4, 0.5) is 0 Å². The second kappa shape index (κ2) is 6.01. The third kappa shape index (κ3) is 2.69. The monoisotopic (exact) mass is 294 g/mol. The zero-order chi connectivity index (χ0) is 12.5. The van der Waals surface area contributed by atoms with Crippen LogP contribution >= 0.6 is 12.4 Å². The van der Waals surface area contributed by atoms with Crippen LogP contribution in [0.2, 0.25) is 0 Å². The summed E-state index contributed by atoms with van der Waals surface area (Å²) in [6.07, 6.45) is 4.61. The molecule has 1 aliphatic rings. The number of aromatic amines is 1. The molecule has 3 N–H and O–H groups in total. The normalized spacial score (nSPS) is 25.7. The van der Waals surface area contributed by atoms with Gasteiger partial charge in [0.2, 0.25) is 0 Å². The summed E-state index contributed by atoms with van der Waals surface area (Å²) in [5.41, 5.74) is 5.70. The van der Waals surface area contributed by atoms with Crippen molar-refractivity contribution in [2.24, 2.45) is 11.7 Å². The zero-order valence-electron chi connectivity index (χ0n) is 10.2. The Bertz CT molecular complexity index is 462. The van der Waals surface area contributed by atoms with E-state index in [1.165, 1.54) is 16.8 Å². The van der Waals surface area contributed by atoms with E-state index in [-0.39, 0.29) is 23.5 Å². The number of nitrogens with one attached hydrogen (secondary N) is 1. The van der Waals surface area contributed by atoms with E-state index in [0.29, 0.717) is 19.0 Å². The Balaban J connectivity index is 0.00000162. The molecule has 2 rings (SSSR count). The maximum atomic E-state index is 12.4. The minimum atomic E-state index is -3.48. The Kier molecular flexibility index (Phi) is 5.15. The second-order valence-electron chi connectivity index (χ2n) is 4.45. The molecule has 2 atom stereocenters. The first-order valence-electron chi connectivity index (χ1n) is 5.77. The van der Waals surface area contributed by atoms with Gasteiger partial charge in [-0.15, -0.1) is 12.4 Å². The molecule has 0 aliphatic carbocycles. The number of hydrogen-bond acceptors (Lipinski definition) is 4. The van der Waals surface area contributed by atoms with Gasteiger partial charge < -0.3 is 10.7 Å². The zero-order valence-corrected chi connectivity index (χ0v) is 11.9. The Morgan fingerprint density at radius 3 is 2.89 bits per heavy atom. The molecule has 0 radical (unpaired) electrons. The minimum Gasteiger partial charge on any atom is -0.335 e. The lowest BCUT2D eigenvalue weighted by molar-refractivity contribution is 0.192. The molecule has 0 amide bonds. The number of aromatic nitrogens is 2. The standard InChI is InChI=1S/C10H18N4O2S.ClH/c1-8-3-2-4-14(9(8)5-11)17(15,16)10-6-12-7-13-10;/h6-9H,2-5,11H2,1H3,(H,12,13);1H. The summed E-state index contributed by atoms with van der Waals surface area (Å²) in [6, 6.07) is -0.114.